The number of nitrogens with zero attached hydrogens (tertiary/aromatic N) is 1. The van der Waals surface area contributed by atoms with Gasteiger partial charge in [-0.1, -0.05) is 13.8 Å². The van der Waals surface area contributed by atoms with E-state index in [-0.39, 0.29) is 18.3 Å². The first-order valence-corrected chi connectivity index (χ1v) is 5.07. The van der Waals surface area contributed by atoms with Crippen molar-refractivity contribution in [2.45, 2.75) is 20.3 Å². The monoisotopic (exact) mass is 220 g/mol. The molecule has 0 aromatic rings. The molecule has 1 aliphatic rings. The lowest BCUT2D eigenvalue weighted by Crippen LogP contribution is -2.51. The Morgan fingerprint density at radius 2 is 2.07 bits per heavy atom. The van der Waals surface area contributed by atoms with Gasteiger partial charge >= 0.3 is 0 Å². The summed E-state index contributed by atoms with van der Waals surface area (Å²) in [7, 11) is 1.91. The molecule has 1 N–H and O–H groups in total. The summed E-state index contributed by atoms with van der Waals surface area (Å²) in [5.41, 5.74) is 0. The highest BCUT2D eigenvalue weighted by Crippen LogP contribution is 2.08. The highest BCUT2D eigenvalue weighted by atomic mass is 35.5. The van der Waals surface area contributed by atoms with Gasteiger partial charge in [-0.25, -0.2) is 0 Å². The standard InChI is InChI=1S/C10H20N2O.ClH/c1-8(2)4-5-12(3)10(13)9-6-11-7-9;/h8-9,11H,4-7H2,1-3H3;1H. The Bertz CT molecular complexity index is 181. The molecule has 0 bridgehead atoms. The molecular formula is C10H21ClN2O. The molecule has 0 aliphatic carbocycles. The minimum atomic E-state index is 0. The van der Waals surface area contributed by atoms with Crippen LogP contribution in [0, 0.1) is 11.8 Å². The first kappa shape index (κ1) is 13.7. The molecule has 1 amide bonds. The molecule has 0 atom stereocenters. The predicted octanol–water partition coefficient (Wildman–Crippen LogP) is 1.13. The second kappa shape index (κ2) is 6.25. The maximum Gasteiger partial charge on any atom is 0.227 e. The van der Waals surface area contributed by atoms with Crippen molar-refractivity contribution in [3.8, 4) is 0 Å². The molecule has 0 saturated carbocycles. The molecule has 4 heteroatoms. The number of carbonyl (C=O) groups is 1. The van der Waals surface area contributed by atoms with Gasteiger partial charge in [-0.3, -0.25) is 4.79 Å². The average molecular weight is 221 g/mol. The molecule has 14 heavy (non-hydrogen) atoms. The van der Waals surface area contributed by atoms with Gasteiger partial charge in [0.1, 0.15) is 0 Å². The quantitative estimate of drug-likeness (QED) is 0.771. The van der Waals surface area contributed by atoms with Gasteiger partial charge in [-0.05, 0) is 12.3 Å². The molecule has 3 nitrogen and oxygen atoms in total. The van der Waals surface area contributed by atoms with E-state index in [1.165, 1.54) is 0 Å². The molecule has 0 radical (unpaired) electrons. The van der Waals surface area contributed by atoms with E-state index in [0.29, 0.717) is 11.8 Å². The fourth-order valence-electron chi connectivity index (χ4n) is 1.34. The molecule has 84 valence electrons. The Balaban J connectivity index is 0.00000169. The Morgan fingerprint density at radius 1 is 1.50 bits per heavy atom. The zero-order valence-corrected chi connectivity index (χ0v) is 10.1. The first-order valence-electron chi connectivity index (χ1n) is 5.07. The number of carbonyl (C=O) groups excluding carboxylic acids is 1. The normalized spacial score (nSPS) is 16.0. The number of halogens is 1. The van der Waals surface area contributed by atoms with Gasteiger partial charge in [0, 0.05) is 26.7 Å². The molecule has 1 fully saturated rings. The van der Waals surface area contributed by atoms with E-state index in [1.807, 2.05) is 11.9 Å². The van der Waals surface area contributed by atoms with Crippen LogP contribution in [0.4, 0.5) is 0 Å². The molecule has 0 unspecified atom stereocenters. The van der Waals surface area contributed by atoms with Gasteiger partial charge < -0.3 is 10.2 Å². The summed E-state index contributed by atoms with van der Waals surface area (Å²) in [6, 6.07) is 0. The highest BCUT2D eigenvalue weighted by Gasteiger charge is 2.27. The Labute approximate surface area is 92.6 Å². The van der Waals surface area contributed by atoms with E-state index in [4.69, 9.17) is 0 Å². The summed E-state index contributed by atoms with van der Waals surface area (Å²) in [5.74, 6) is 1.23. The summed E-state index contributed by atoms with van der Waals surface area (Å²) < 4.78 is 0. The topological polar surface area (TPSA) is 32.3 Å². The van der Waals surface area contributed by atoms with E-state index in [9.17, 15) is 4.79 Å². The van der Waals surface area contributed by atoms with Gasteiger partial charge in [0.25, 0.3) is 0 Å². The third kappa shape index (κ3) is 3.84. The van der Waals surface area contributed by atoms with Crippen LogP contribution >= 0.6 is 12.4 Å². The van der Waals surface area contributed by atoms with E-state index < -0.39 is 0 Å². The third-order valence-electron chi connectivity index (χ3n) is 2.55. The molecule has 1 rings (SSSR count). The van der Waals surface area contributed by atoms with Gasteiger partial charge in [-0.15, -0.1) is 12.4 Å². The van der Waals surface area contributed by atoms with Crippen LogP contribution in [0.1, 0.15) is 20.3 Å². The van der Waals surface area contributed by atoms with Crippen LogP contribution in [-0.2, 0) is 4.79 Å². The molecule has 1 saturated heterocycles. The minimum absolute atomic E-state index is 0. The van der Waals surface area contributed by atoms with Crippen LogP contribution in [0.5, 0.6) is 0 Å². The van der Waals surface area contributed by atoms with Crippen LogP contribution in [-0.4, -0.2) is 37.5 Å². The van der Waals surface area contributed by atoms with Gasteiger partial charge in [-0.2, -0.15) is 0 Å². The third-order valence-corrected chi connectivity index (χ3v) is 2.55. The number of hydrogen-bond donors (Lipinski definition) is 1. The van der Waals surface area contributed by atoms with Crippen molar-refractivity contribution in [2.24, 2.45) is 11.8 Å². The largest absolute Gasteiger partial charge is 0.345 e. The lowest BCUT2D eigenvalue weighted by atomic mass is 10.0. The molecule has 0 spiro atoms. The summed E-state index contributed by atoms with van der Waals surface area (Å²) >= 11 is 0. The summed E-state index contributed by atoms with van der Waals surface area (Å²) in [6.45, 7) is 7.00. The Morgan fingerprint density at radius 3 is 2.43 bits per heavy atom. The number of nitrogens with one attached hydrogen (secondary N) is 1. The molecule has 0 aromatic heterocycles. The van der Waals surface area contributed by atoms with E-state index >= 15 is 0 Å². The zero-order valence-electron chi connectivity index (χ0n) is 9.25. The zero-order chi connectivity index (χ0) is 9.84. The van der Waals surface area contributed by atoms with Crippen LogP contribution in [0.25, 0.3) is 0 Å². The van der Waals surface area contributed by atoms with Crippen LogP contribution < -0.4 is 5.32 Å². The lowest BCUT2D eigenvalue weighted by molar-refractivity contribution is -0.135. The van der Waals surface area contributed by atoms with Crippen molar-refractivity contribution >= 4 is 18.3 Å². The maximum absolute atomic E-state index is 11.6. The summed E-state index contributed by atoms with van der Waals surface area (Å²) in [4.78, 5) is 13.5. The smallest absolute Gasteiger partial charge is 0.227 e. The van der Waals surface area contributed by atoms with Crippen molar-refractivity contribution in [1.29, 1.82) is 0 Å². The van der Waals surface area contributed by atoms with Gasteiger partial charge in [0.2, 0.25) is 5.91 Å². The van der Waals surface area contributed by atoms with Crippen LogP contribution in [0.3, 0.4) is 0 Å². The fraction of sp³-hybridized carbons (Fsp3) is 0.900. The van der Waals surface area contributed by atoms with E-state index in [0.717, 1.165) is 26.1 Å². The number of rotatable bonds is 4. The van der Waals surface area contributed by atoms with Gasteiger partial charge in [0.15, 0.2) is 0 Å². The summed E-state index contributed by atoms with van der Waals surface area (Å²) in [6.07, 6.45) is 1.10. The van der Waals surface area contributed by atoms with Crippen molar-refractivity contribution < 1.29 is 4.79 Å². The van der Waals surface area contributed by atoms with Crippen LogP contribution in [0.15, 0.2) is 0 Å². The Kier molecular flexibility index (Phi) is 6.12. The molecule has 0 aromatic carbocycles. The van der Waals surface area contributed by atoms with Crippen molar-refractivity contribution in [3.05, 3.63) is 0 Å². The Hall–Kier alpha value is -0.280. The SMILES string of the molecule is CC(C)CCN(C)C(=O)C1CNC1.Cl. The number of hydrogen-bond acceptors (Lipinski definition) is 2. The molecule has 1 heterocycles. The summed E-state index contributed by atoms with van der Waals surface area (Å²) in [5, 5.41) is 3.11. The van der Waals surface area contributed by atoms with Crippen molar-refractivity contribution in [2.75, 3.05) is 26.7 Å². The van der Waals surface area contributed by atoms with Crippen molar-refractivity contribution in [3.63, 3.8) is 0 Å². The van der Waals surface area contributed by atoms with Crippen LogP contribution in [0.2, 0.25) is 0 Å². The second-order valence-electron chi connectivity index (χ2n) is 4.30. The molecular weight excluding hydrogens is 200 g/mol. The predicted molar refractivity (Wildman–Crippen MR) is 60.7 cm³/mol. The lowest BCUT2D eigenvalue weighted by Gasteiger charge is -2.30. The van der Waals surface area contributed by atoms with Crippen molar-refractivity contribution in [1.82, 2.24) is 10.2 Å². The minimum Gasteiger partial charge on any atom is -0.345 e. The van der Waals surface area contributed by atoms with Gasteiger partial charge in [0.05, 0.1) is 5.92 Å². The average Bonchev–Trinajstić information content (AvgIpc) is 1.96. The highest BCUT2D eigenvalue weighted by molar-refractivity contribution is 5.85. The molecule has 1 aliphatic heterocycles. The first-order chi connectivity index (χ1) is 6.11. The number of amides is 1. The van der Waals surface area contributed by atoms with E-state index in [1.54, 1.807) is 0 Å². The maximum atomic E-state index is 11.6. The fourth-order valence-corrected chi connectivity index (χ4v) is 1.34. The van der Waals surface area contributed by atoms with E-state index in [2.05, 4.69) is 19.2 Å². The second-order valence-corrected chi connectivity index (χ2v) is 4.30.